The highest BCUT2D eigenvalue weighted by Gasteiger charge is 2.63. The van der Waals surface area contributed by atoms with Gasteiger partial charge in [0.25, 0.3) is 13.1 Å². The molecule has 9 rings (SSSR count). The smallest absolute Gasteiger partial charge is 0.300 e. The maximum Gasteiger partial charge on any atom is 0.458 e. The number of nitrogens with one attached hydrogen (secondary N) is 1. The monoisotopic (exact) mass is 1420 g/mol. The van der Waals surface area contributed by atoms with Gasteiger partial charge in [-0.15, -0.1) is 0 Å². The van der Waals surface area contributed by atoms with Gasteiger partial charge in [-0.1, -0.05) is 19.8 Å². The first kappa shape index (κ1) is 71.8. The molecule has 9 aromatic carbocycles. The van der Waals surface area contributed by atoms with Crippen LogP contribution in [0.15, 0.2) is 6.07 Å². The maximum atomic E-state index is 17.3. The molecule has 0 radical (unpaired) electrons. The van der Waals surface area contributed by atoms with Crippen molar-refractivity contribution in [3.63, 3.8) is 0 Å². The van der Waals surface area contributed by atoms with E-state index in [-0.39, 0.29) is 18.0 Å². The van der Waals surface area contributed by atoms with Gasteiger partial charge in [-0.2, -0.15) is 44.0 Å². The Labute approximate surface area is 498 Å². The van der Waals surface area contributed by atoms with E-state index in [1.165, 1.54) is 6.92 Å². The number of hydrogen-bond donors (Lipinski definition) is 1. The molecular formula is C56H20AlF36N. The van der Waals surface area contributed by atoms with Crippen LogP contribution in [0.25, 0.3) is 43.1 Å². The van der Waals surface area contributed by atoms with Crippen molar-refractivity contribution in [1.29, 1.82) is 0 Å². The van der Waals surface area contributed by atoms with Crippen LogP contribution in [0.5, 0.6) is 0 Å². The minimum Gasteiger partial charge on any atom is -0.300 e. The number of benzene rings is 9. The Morgan fingerprint density at radius 3 is 0.734 bits per heavy atom. The molecule has 0 saturated carbocycles. The second-order valence-electron chi connectivity index (χ2n) is 20.1. The zero-order chi connectivity index (χ0) is 71.0. The van der Waals surface area contributed by atoms with Crippen molar-refractivity contribution in [1.82, 2.24) is 0 Å². The third kappa shape index (κ3) is 10.1. The van der Waals surface area contributed by atoms with Gasteiger partial charge in [-0.25, -0.2) is 132 Å². The Morgan fingerprint density at radius 2 is 0.511 bits per heavy atom. The zero-order valence-electron chi connectivity index (χ0n) is 45.0. The standard InChI is InChI=1S/C16H19F8N.4C10F7.Al/c1-3-5-6-7-8-25(4-2)11-9-10(17)13(18)12(14(11)19)15(20,21)16(22,23)24;4*11-3-1-2-4(7(14)6(3)13)8(15)10(17)9(16)5(2)12;/h9H,3-8H2,1-2H3;;;;;/q;;;;;-1/p+1. The van der Waals surface area contributed by atoms with Crippen molar-refractivity contribution in [2.45, 2.75) is 51.6 Å². The van der Waals surface area contributed by atoms with Gasteiger partial charge in [0.05, 0.1) is 34.6 Å². The van der Waals surface area contributed by atoms with Crippen LogP contribution >= 0.6 is 0 Å². The summed E-state index contributed by atoms with van der Waals surface area (Å²) >= 11 is -10.2. The fraction of sp³-hybridized carbons (Fsp3) is 0.179. The summed E-state index contributed by atoms with van der Waals surface area (Å²) in [6, 6.07) is 0.347. The fourth-order valence-electron chi connectivity index (χ4n) is 11.1. The van der Waals surface area contributed by atoms with E-state index in [1.54, 1.807) is 0 Å². The number of halogens is 36. The van der Waals surface area contributed by atoms with Gasteiger partial charge in [-0.3, -0.25) is 0 Å². The van der Waals surface area contributed by atoms with Crippen LogP contribution in [-0.2, 0) is 5.92 Å². The Balaban J connectivity index is 0.000000382. The van der Waals surface area contributed by atoms with Gasteiger partial charge in [-0.05, 0) is 41.3 Å². The molecule has 0 aliphatic carbocycles. The highest BCUT2D eigenvalue weighted by molar-refractivity contribution is 7.23. The molecular weight excluding hydrogens is 1400 g/mol. The molecule has 1 nitrogen and oxygen atoms in total. The van der Waals surface area contributed by atoms with Gasteiger partial charge in [0.15, 0.2) is 163 Å². The largest absolute Gasteiger partial charge is 0.458 e. The molecule has 9 aromatic rings. The first-order valence-electron chi connectivity index (χ1n) is 25.4. The first-order chi connectivity index (χ1) is 43.5. The zero-order valence-corrected chi connectivity index (χ0v) is 46.2. The van der Waals surface area contributed by atoms with Crippen LogP contribution in [-0.4, -0.2) is 32.3 Å². The molecule has 0 aliphatic heterocycles. The molecule has 0 spiro atoms. The lowest BCUT2D eigenvalue weighted by atomic mass is 10.0. The highest BCUT2D eigenvalue weighted by atomic mass is 27.2. The number of hydrogen-bond acceptors (Lipinski definition) is 0. The fourth-order valence-corrected chi connectivity index (χ4v) is 17.7. The number of quaternary nitrogens is 1. The van der Waals surface area contributed by atoms with Gasteiger partial charge in [0.1, 0.15) is 28.8 Å². The number of unbranched alkanes of at least 4 members (excludes halogenated alkanes) is 3. The summed E-state index contributed by atoms with van der Waals surface area (Å²) in [6.07, 6.45) is -3.18. The predicted molar refractivity (Wildman–Crippen MR) is 255 cm³/mol. The lowest BCUT2D eigenvalue weighted by Crippen LogP contribution is -3.07. The molecule has 0 saturated heterocycles. The minimum absolute atomic E-state index is 0.116. The highest BCUT2D eigenvalue weighted by Crippen LogP contribution is 2.48. The van der Waals surface area contributed by atoms with Crippen LogP contribution in [0, 0.1) is 180 Å². The van der Waals surface area contributed by atoms with Crippen molar-refractivity contribution in [3.05, 3.63) is 192 Å². The van der Waals surface area contributed by atoms with E-state index in [0.29, 0.717) is 12.5 Å². The van der Waals surface area contributed by atoms with Crippen LogP contribution < -0.4 is 22.6 Å². The van der Waals surface area contributed by atoms with Crippen LogP contribution in [0.3, 0.4) is 0 Å². The molecule has 504 valence electrons. The van der Waals surface area contributed by atoms with E-state index in [9.17, 15) is 52.7 Å². The normalized spacial score (nSPS) is 12.8. The summed E-state index contributed by atoms with van der Waals surface area (Å²) in [6.45, 7) is 3.81. The molecule has 0 aromatic heterocycles. The molecule has 1 atom stereocenters. The molecule has 94 heavy (non-hydrogen) atoms. The van der Waals surface area contributed by atoms with E-state index >= 15 is 105 Å². The van der Waals surface area contributed by atoms with E-state index in [1.807, 2.05) is 6.92 Å². The summed E-state index contributed by atoms with van der Waals surface area (Å²) in [5.41, 5.74) is -3.31. The third-order valence-corrected chi connectivity index (χ3v) is 20.8. The van der Waals surface area contributed by atoms with E-state index in [4.69, 9.17) is 0 Å². The Kier molecular flexibility index (Phi) is 19.1. The van der Waals surface area contributed by atoms with E-state index in [2.05, 4.69) is 0 Å². The molecule has 0 amide bonds. The average Bonchev–Trinajstić information content (AvgIpc) is 0.660. The Hall–Kier alpha value is -8.01. The number of rotatable bonds is 12. The van der Waals surface area contributed by atoms with Crippen LogP contribution in [0.1, 0.15) is 45.1 Å². The van der Waals surface area contributed by atoms with E-state index < -0.39 is 278 Å². The van der Waals surface area contributed by atoms with Gasteiger partial charge in [0, 0.05) is 6.07 Å². The minimum atomic E-state index is -10.2. The second-order valence-corrected chi connectivity index (χ2v) is 24.1. The van der Waals surface area contributed by atoms with Crippen molar-refractivity contribution in [2.75, 3.05) is 13.1 Å². The molecule has 38 heteroatoms. The second kappa shape index (κ2) is 25.0. The summed E-state index contributed by atoms with van der Waals surface area (Å²) in [7, 11) is 0. The van der Waals surface area contributed by atoms with E-state index in [0.717, 1.165) is 19.3 Å². The topological polar surface area (TPSA) is 4.44 Å². The van der Waals surface area contributed by atoms with Gasteiger partial charge >= 0.3 is 12.1 Å². The quantitative estimate of drug-likeness (QED) is 0.0409. The first-order valence-corrected chi connectivity index (χ1v) is 27.7. The summed E-state index contributed by atoms with van der Waals surface area (Å²) in [5.74, 6) is -116. The SMILES string of the molecule is CCCCCC[NH+](CC)c1cc(F)c(F)c(C(F)(F)C(F)(F)F)c1F.Fc1c(F)c(F)c2[c]([Al-]([c]3c(F)c(F)c(F)c4c(F)c(F)c(F)c(F)c34)([c]3c(F)c(F)c(F)c4c(F)c(F)c(F)c(F)c34)[c]3c(F)c(F)c(F)c4c(F)c(F)c(F)c(F)c34)c(F)c(F)c(F)c2c1F. The van der Waals surface area contributed by atoms with Crippen molar-refractivity contribution >= 4 is 79.6 Å². The van der Waals surface area contributed by atoms with Crippen LogP contribution in [0.2, 0.25) is 0 Å². The van der Waals surface area contributed by atoms with Crippen molar-refractivity contribution in [2.24, 2.45) is 0 Å². The van der Waals surface area contributed by atoms with Gasteiger partial charge < -0.3 is 4.90 Å². The molecule has 0 heterocycles. The summed E-state index contributed by atoms with van der Waals surface area (Å²) in [4.78, 5) is 0.173. The number of alkyl halides is 5. The summed E-state index contributed by atoms with van der Waals surface area (Å²) in [5, 5.41) is -26.7. The Morgan fingerprint density at radius 1 is 0.277 bits per heavy atom. The Bertz CT molecular complexity index is 4230. The molecule has 0 bridgehead atoms. The maximum absolute atomic E-state index is 17.3. The average molecular weight is 1420 g/mol. The summed E-state index contributed by atoms with van der Waals surface area (Å²) < 4.78 is 538. The number of fused-ring (bicyclic) bond motifs is 4. The third-order valence-electron chi connectivity index (χ3n) is 15.2. The molecule has 1 N–H and O–H groups in total. The van der Waals surface area contributed by atoms with Gasteiger partial charge in [0.2, 0.25) is 0 Å². The molecule has 1 unspecified atom stereocenters. The predicted octanol–water partition coefficient (Wildman–Crippen LogP) is 16.4. The molecule has 0 fully saturated rings. The van der Waals surface area contributed by atoms with Crippen molar-refractivity contribution in [3.8, 4) is 0 Å². The van der Waals surface area contributed by atoms with Crippen LogP contribution in [0.4, 0.5) is 164 Å². The molecule has 0 aliphatic rings. The lowest BCUT2D eigenvalue weighted by Gasteiger charge is -2.44. The van der Waals surface area contributed by atoms with Crippen molar-refractivity contribution < 1.29 is 163 Å². The lowest BCUT2D eigenvalue weighted by molar-refractivity contribution is -0.832.